The summed E-state index contributed by atoms with van der Waals surface area (Å²) in [7, 11) is 0. The molecule has 0 atom stereocenters. The number of aromatic nitrogens is 2. The summed E-state index contributed by atoms with van der Waals surface area (Å²) in [6, 6.07) is 3.79. The Balaban J connectivity index is 1.86. The Morgan fingerprint density at radius 3 is 2.50 bits per heavy atom. The van der Waals surface area contributed by atoms with E-state index in [1.54, 1.807) is 19.2 Å². The normalized spacial score (nSPS) is 10.9. The van der Waals surface area contributed by atoms with Crippen LogP contribution in [-0.4, -0.2) is 22.5 Å². The second kappa shape index (κ2) is 10.7. The SMILES string of the molecule is CCCCCCCCCc1ccc(-c2c[nH]c(C(=O)OCC)c2F)nc1. The number of hydrogen-bond acceptors (Lipinski definition) is 3. The fourth-order valence-corrected chi connectivity index (χ4v) is 2.96. The van der Waals surface area contributed by atoms with Gasteiger partial charge in [-0.15, -0.1) is 0 Å². The minimum Gasteiger partial charge on any atom is -0.461 e. The van der Waals surface area contributed by atoms with E-state index in [-0.39, 0.29) is 17.9 Å². The second-order valence-corrected chi connectivity index (χ2v) is 6.53. The lowest BCUT2D eigenvalue weighted by atomic mass is 10.0. The standard InChI is InChI=1S/C21H29FN2O2/c1-3-5-6-7-8-9-10-11-16-12-13-18(23-14-16)17-15-24-20(19(17)22)21(25)26-4-2/h12-15,24H,3-11H2,1-2H3. The molecule has 26 heavy (non-hydrogen) atoms. The Morgan fingerprint density at radius 2 is 1.85 bits per heavy atom. The molecule has 2 aromatic heterocycles. The summed E-state index contributed by atoms with van der Waals surface area (Å²) in [5.41, 5.74) is 1.80. The summed E-state index contributed by atoms with van der Waals surface area (Å²) in [6.07, 6.45) is 13.2. The molecule has 0 aliphatic carbocycles. The lowest BCUT2D eigenvalue weighted by Crippen LogP contribution is -2.07. The molecule has 0 unspecified atom stereocenters. The Labute approximate surface area is 155 Å². The number of aryl methyl sites for hydroxylation is 1. The Kier molecular flexibility index (Phi) is 8.32. The zero-order valence-electron chi connectivity index (χ0n) is 15.8. The number of rotatable bonds is 11. The number of ether oxygens (including phenoxy) is 1. The van der Waals surface area contributed by atoms with E-state index < -0.39 is 11.8 Å². The smallest absolute Gasteiger partial charge is 0.357 e. The first kappa shape index (κ1) is 20.1. The summed E-state index contributed by atoms with van der Waals surface area (Å²) in [5.74, 6) is -1.30. The summed E-state index contributed by atoms with van der Waals surface area (Å²) in [5, 5.41) is 0. The molecular weight excluding hydrogens is 331 g/mol. The third-order valence-electron chi connectivity index (χ3n) is 4.47. The van der Waals surface area contributed by atoms with Gasteiger partial charge < -0.3 is 9.72 Å². The van der Waals surface area contributed by atoms with Gasteiger partial charge in [0.15, 0.2) is 11.5 Å². The highest BCUT2D eigenvalue weighted by Crippen LogP contribution is 2.24. The molecule has 0 fully saturated rings. The molecule has 0 bridgehead atoms. The third-order valence-corrected chi connectivity index (χ3v) is 4.47. The van der Waals surface area contributed by atoms with E-state index in [1.165, 1.54) is 44.7 Å². The molecule has 5 heteroatoms. The topological polar surface area (TPSA) is 55.0 Å². The Bertz CT molecular complexity index is 680. The molecule has 2 aromatic rings. The summed E-state index contributed by atoms with van der Waals surface area (Å²) in [4.78, 5) is 18.7. The summed E-state index contributed by atoms with van der Waals surface area (Å²) < 4.78 is 19.2. The molecule has 0 radical (unpaired) electrons. The monoisotopic (exact) mass is 360 g/mol. The predicted molar refractivity (Wildman–Crippen MR) is 102 cm³/mol. The molecule has 0 amide bonds. The van der Waals surface area contributed by atoms with Crippen LogP contribution < -0.4 is 0 Å². The van der Waals surface area contributed by atoms with E-state index in [0.717, 1.165) is 18.4 Å². The molecule has 2 rings (SSSR count). The second-order valence-electron chi connectivity index (χ2n) is 6.53. The van der Waals surface area contributed by atoms with Crippen LogP contribution in [0.1, 0.15) is 74.8 Å². The largest absolute Gasteiger partial charge is 0.461 e. The van der Waals surface area contributed by atoms with Gasteiger partial charge in [-0.3, -0.25) is 4.98 Å². The average Bonchev–Trinajstić information content (AvgIpc) is 3.03. The molecule has 4 nitrogen and oxygen atoms in total. The highest BCUT2D eigenvalue weighted by molar-refractivity contribution is 5.89. The predicted octanol–water partition coefficient (Wildman–Crippen LogP) is 5.69. The maximum Gasteiger partial charge on any atom is 0.357 e. The van der Waals surface area contributed by atoms with Crippen LogP contribution in [0.25, 0.3) is 11.3 Å². The zero-order chi connectivity index (χ0) is 18.8. The number of H-pyrrole nitrogens is 1. The molecule has 0 spiro atoms. The van der Waals surface area contributed by atoms with E-state index in [9.17, 15) is 9.18 Å². The average molecular weight is 360 g/mol. The lowest BCUT2D eigenvalue weighted by molar-refractivity contribution is 0.0515. The van der Waals surface area contributed by atoms with Gasteiger partial charge in [0.2, 0.25) is 0 Å². The summed E-state index contributed by atoms with van der Waals surface area (Å²) in [6.45, 7) is 4.12. The van der Waals surface area contributed by atoms with Crippen molar-refractivity contribution in [1.29, 1.82) is 0 Å². The van der Waals surface area contributed by atoms with Crippen molar-refractivity contribution in [2.75, 3.05) is 6.61 Å². The fraction of sp³-hybridized carbons (Fsp3) is 0.524. The number of esters is 1. The van der Waals surface area contributed by atoms with E-state index in [4.69, 9.17) is 4.74 Å². The number of nitrogens with zero attached hydrogens (tertiary/aromatic N) is 1. The number of halogens is 1. The van der Waals surface area contributed by atoms with Crippen molar-refractivity contribution in [1.82, 2.24) is 9.97 Å². The van der Waals surface area contributed by atoms with Gasteiger partial charge >= 0.3 is 5.97 Å². The highest BCUT2D eigenvalue weighted by Gasteiger charge is 2.20. The Hall–Kier alpha value is -2.17. The quantitative estimate of drug-likeness (QED) is 0.414. The maximum atomic E-state index is 14.4. The van der Waals surface area contributed by atoms with Gasteiger partial charge in [-0.05, 0) is 31.4 Å². The van der Waals surface area contributed by atoms with Crippen LogP contribution in [0.4, 0.5) is 4.39 Å². The number of carbonyl (C=O) groups excluding carboxylic acids is 1. The first-order valence-corrected chi connectivity index (χ1v) is 9.66. The van der Waals surface area contributed by atoms with E-state index in [2.05, 4.69) is 16.9 Å². The van der Waals surface area contributed by atoms with Gasteiger partial charge in [0.05, 0.1) is 17.9 Å². The van der Waals surface area contributed by atoms with Crippen molar-refractivity contribution < 1.29 is 13.9 Å². The van der Waals surface area contributed by atoms with Crippen LogP contribution in [0.3, 0.4) is 0 Å². The molecule has 2 heterocycles. The highest BCUT2D eigenvalue weighted by atomic mass is 19.1. The third kappa shape index (κ3) is 5.68. The van der Waals surface area contributed by atoms with Gasteiger partial charge in [-0.1, -0.05) is 51.5 Å². The van der Waals surface area contributed by atoms with E-state index in [1.807, 2.05) is 6.07 Å². The molecule has 0 saturated carbocycles. The van der Waals surface area contributed by atoms with Crippen LogP contribution in [0, 0.1) is 5.82 Å². The van der Waals surface area contributed by atoms with Crippen LogP contribution in [-0.2, 0) is 11.2 Å². The fourth-order valence-electron chi connectivity index (χ4n) is 2.96. The van der Waals surface area contributed by atoms with E-state index >= 15 is 0 Å². The zero-order valence-corrected chi connectivity index (χ0v) is 15.8. The minimum absolute atomic E-state index is 0.157. The first-order chi connectivity index (χ1) is 12.7. The van der Waals surface area contributed by atoms with Crippen molar-refractivity contribution >= 4 is 5.97 Å². The lowest BCUT2D eigenvalue weighted by Gasteiger charge is -2.04. The number of hydrogen-bond donors (Lipinski definition) is 1. The van der Waals surface area contributed by atoms with Gasteiger partial charge in [0.25, 0.3) is 0 Å². The first-order valence-electron chi connectivity index (χ1n) is 9.66. The Morgan fingerprint density at radius 1 is 1.12 bits per heavy atom. The number of aromatic amines is 1. The van der Waals surface area contributed by atoms with Crippen molar-refractivity contribution in [2.45, 2.75) is 65.2 Å². The summed E-state index contributed by atoms with van der Waals surface area (Å²) >= 11 is 0. The molecule has 0 aliphatic heterocycles. The van der Waals surface area contributed by atoms with Gasteiger partial charge in [0.1, 0.15) is 0 Å². The van der Waals surface area contributed by atoms with Crippen LogP contribution in [0.15, 0.2) is 24.5 Å². The van der Waals surface area contributed by atoms with Gasteiger partial charge in [-0.25, -0.2) is 9.18 Å². The molecule has 1 N–H and O–H groups in total. The van der Waals surface area contributed by atoms with E-state index in [0.29, 0.717) is 5.69 Å². The molecule has 0 aromatic carbocycles. The van der Waals surface area contributed by atoms with Gasteiger partial charge in [0, 0.05) is 12.4 Å². The van der Waals surface area contributed by atoms with Crippen molar-refractivity contribution in [3.8, 4) is 11.3 Å². The number of carbonyl (C=O) groups is 1. The van der Waals surface area contributed by atoms with Crippen molar-refractivity contribution in [3.63, 3.8) is 0 Å². The van der Waals surface area contributed by atoms with Gasteiger partial charge in [-0.2, -0.15) is 0 Å². The molecule has 0 aliphatic rings. The number of unbranched alkanes of at least 4 members (excludes halogenated alkanes) is 6. The van der Waals surface area contributed by atoms with Crippen LogP contribution >= 0.6 is 0 Å². The minimum atomic E-state index is -0.688. The molecular formula is C21H29FN2O2. The maximum absolute atomic E-state index is 14.4. The number of pyridine rings is 1. The molecule has 142 valence electrons. The van der Waals surface area contributed by atoms with Crippen molar-refractivity contribution in [3.05, 3.63) is 41.6 Å². The van der Waals surface area contributed by atoms with Crippen LogP contribution in [0.2, 0.25) is 0 Å². The molecule has 0 saturated heterocycles. The van der Waals surface area contributed by atoms with Crippen molar-refractivity contribution in [2.24, 2.45) is 0 Å². The number of nitrogens with one attached hydrogen (secondary N) is 1. The van der Waals surface area contributed by atoms with Crippen LogP contribution in [0.5, 0.6) is 0 Å².